The first kappa shape index (κ1) is 17.9. The van der Waals surface area contributed by atoms with Crippen molar-refractivity contribution in [1.29, 1.82) is 0 Å². The molecule has 4 aromatic rings. The molecule has 0 unspecified atom stereocenters. The van der Waals surface area contributed by atoms with Crippen molar-refractivity contribution in [3.63, 3.8) is 0 Å². The molecule has 0 saturated heterocycles. The van der Waals surface area contributed by atoms with E-state index in [0.29, 0.717) is 5.69 Å². The van der Waals surface area contributed by atoms with Crippen molar-refractivity contribution in [2.24, 2.45) is 0 Å². The molecule has 0 bridgehead atoms. The van der Waals surface area contributed by atoms with Crippen LogP contribution in [0.5, 0.6) is 0 Å². The molecule has 0 spiro atoms. The normalized spacial score (nSPS) is 11.2. The van der Waals surface area contributed by atoms with Crippen LogP contribution in [0.2, 0.25) is 0 Å². The minimum absolute atomic E-state index is 0.371. The molecule has 2 aromatic carbocycles. The Kier molecular flexibility index (Phi) is 4.91. The molecule has 4 nitrogen and oxygen atoms in total. The Balaban J connectivity index is 1.83. The highest BCUT2D eigenvalue weighted by molar-refractivity contribution is 7.15. The second-order valence-corrected chi connectivity index (χ2v) is 7.62. The van der Waals surface area contributed by atoms with E-state index < -0.39 is 0 Å². The molecular weight excluding hydrogens is 368 g/mol. The van der Waals surface area contributed by atoms with E-state index in [9.17, 15) is 9.59 Å². The van der Waals surface area contributed by atoms with E-state index >= 15 is 0 Å². The van der Waals surface area contributed by atoms with Crippen LogP contribution in [-0.2, 0) is 0 Å². The number of aryl methyl sites for hydroxylation is 1. The Morgan fingerprint density at radius 2 is 1.61 bits per heavy atom. The van der Waals surface area contributed by atoms with Gasteiger partial charge < -0.3 is 0 Å². The number of allylic oxidation sites excluding steroid dienone is 1. The number of carbonyl (C=O) groups excluding carboxylic acids is 1. The molecule has 138 valence electrons. The van der Waals surface area contributed by atoms with Crippen molar-refractivity contribution in [2.45, 2.75) is 6.92 Å². The van der Waals surface area contributed by atoms with Gasteiger partial charge in [0.05, 0.1) is 16.3 Å². The van der Waals surface area contributed by atoms with Crippen LogP contribution in [0.4, 0.5) is 0 Å². The smallest absolute Gasteiger partial charge is 0.269 e. The van der Waals surface area contributed by atoms with Gasteiger partial charge in [-0.05, 0) is 42.8 Å². The number of aromatic nitrogens is 2. The van der Waals surface area contributed by atoms with E-state index in [4.69, 9.17) is 0 Å². The van der Waals surface area contributed by atoms with Crippen LogP contribution in [0.25, 0.3) is 22.3 Å². The maximum absolute atomic E-state index is 13.1. The van der Waals surface area contributed by atoms with Crippen LogP contribution in [0, 0.1) is 6.92 Å². The third kappa shape index (κ3) is 3.52. The fourth-order valence-electron chi connectivity index (χ4n) is 2.98. The van der Waals surface area contributed by atoms with Crippen LogP contribution in [0.1, 0.15) is 15.2 Å². The molecule has 0 N–H and O–H groups in total. The number of benzene rings is 2. The lowest BCUT2D eigenvalue weighted by Gasteiger charge is -2.01. The van der Waals surface area contributed by atoms with Crippen molar-refractivity contribution in [3.05, 3.63) is 106 Å². The van der Waals surface area contributed by atoms with Crippen molar-refractivity contribution >= 4 is 23.3 Å². The number of para-hydroxylation sites is 1. The monoisotopic (exact) mass is 386 g/mol. The molecule has 28 heavy (non-hydrogen) atoms. The summed E-state index contributed by atoms with van der Waals surface area (Å²) in [5.74, 6) is -0.371. The summed E-state index contributed by atoms with van der Waals surface area (Å²) < 4.78 is 2.75. The van der Waals surface area contributed by atoms with Gasteiger partial charge in [0.2, 0.25) is 0 Å². The SMILES string of the molecule is Cc1ccc(-c2cn(-c3ccccc3)c(=O)n2C(=O)/C=C/c2ccccc2)s1. The summed E-state index contributed by atoms with van der Waals surface area (Å²) in [5.41, 5.74) is 1.84. The molecule has 2 heterocycles. The van der Waals surface area contributed by atoms with Gasteiger partial charge in [0.1, 0.15) is 0 Å². The quantitative estimate of drug-likeness (QED) is 0.462. The van der Waals surface area contributed by atoms with Crippen LogP contribution in [0.15, 0.2) is 89.9 Å². The van der Waals surface area contributed by atoms with Gasteiger partial charge in [0.25, 0.3) is 5.91 Å². The van der Waals surface area contributed by atoms with Crippen LogP contribution >= 0.6 is 11.3 Å². The van der Waals surface area contributed by atoms with Crippen molar-refractivity contribution in [2.75, 3.05) is 0 Å². The summed E-state index contributed by atoms with van der Waals surface area (Å²) in [6.45, 7) is 2.00. The molecule has 5 heteroatoms. The lowest BCUT2D eigenvalue weighted by atomic mass is 10.2. The van der Waals surface area contributed by atoms with Gasteiger partial charge in [-0.25, -0.2) is 9.36 Å². The molecule has 0 fully saturated rings. The predicted octanol–water partition coefficient (Wildman–Crippen LogP) is 5.03. The van der Waals surface area contributed by atoms with Crippen molar-refractivity contribution in [1.82, 2.24) is 9.13 Å². The van der Waals surface area contributed by atoms with E-state index in [-0.39, 0.29) is 11.6 Å². The van der Waals surface area contributed by atoms with Crippen molar-refractivity contribution in [3.8, 4) is 16.3 Å². The van der Waals surface area contributed by atoms with Crippen LogP contribution in [-0.4, -0.2) is 15.0 Å². The maximum atomic E-state index is 13.1. The lowest BCUT2D eigenvalue weighted by molar-refractivity contribution is 0.0967. The number of rotatable bonds is 4. The first-order valence-electron chi connectivity index (χ1n) is 8.87. The summed E-state index contributed by atoms with van der Waals surface area (Å²) in [6, 6.07) is 22.8. The average Bonchev–Trinajstić information content (AvgIpc) is 3.31. The lowest BCUT2D eigenvalue weighted by Crippen LogP contribution is -2.27. The van der Waals surface area contributed by atoms with Crippen LogP contribution in [0.3, 0.4) is 0 Å². The summed E-state index contributed by atoms with van der Waals surface area (Å²) >= 11 is 1.55. The van der Waals surface area contributed by atoms with Gasteiger partial charge in [0.15, 0.2) is 0 Å². The molecule has 0 atom stereocenters. The first-order chi connectivity index (χ1) is 13.6. The number of hydrogen-bond acceptors (Lipinski definition) is 3. The maximum Gasteiger partial charge on any atom is 0.340 e. The van der Waals surface area contributed by atoms with E-state index in [1.165, 1.54) is 15.2 Å². The van der Waals surface area contributed by atoms with Gasteiger partial charge in [-0.15, -0.1) is 11.3 Å². The minimum Gasteiger partial charge on any atom is -0.269 e. The molecule has 0 saturated carbocycles. The van der Waals surface area contributed by atoms with E-state index in [1.54, 1.807) is 23.6 Å². The van der Waals surface area contributed by atoms with E-state index in [2.05, 4.69) is 0 Å². The third-order valence-corrected chi connectivity index (χ3v) is 5.38. The highest BCUT2D eigenvalue weighted by Crippen LogP contribution is 2.28. The van der Waals surface area contributed by atoms with Gasteiger partial charge >= 0.3 is 5.69 Å². The molecule has 4 rings (SSSR count). The molecule has 0 aliphatic rings. The Labute approximate surface area is 166 Å². The molecule has 0 amide bonds. The number of imidazole rings is 1. The Bertz CT molecular complexity index is 1200. The Morgan fingerprint density at radius 3 is 2.25 bits per heavy atom. The number of carbonyl (C=O) groups is 1. The Morgan fingerprint density at radius 1 is 0.929 bits per heavy atom. The second-order valence-electron chi connectivity index (χ2n) is 6.33. The van der Waals surface area contributed by atoms with Crippen molar-refractivity contribution < 1.29 is 4.79 Å². The summed E-state index contributed by atoms with van der Waals surface area (Å²) in [6.07, 6.45) is 4.89. The highest BCUT2D eigenvalue weighted by Gasteiger charge is 2.19. The van der Waals surface area contributed by atoms with E-state index in [1.807, 2.05) is 79.7 Å². The van der Waals surface area contributed by atoms with Crippen LogP contribution < -0.4 is 5.69 Å². The average molecular weight is 386 g/mol. The summed E-state index contributed by atoms with van der Waals surface area (Å²) in [5, 5.41) is 0. The molecule has 0 radical (unpaired) electrons. The fraction of sp³-hybridized carbons (Fsp3) is 0.0435. The molecule has 2 aromatic heterocycles. The zero-order chi connectivity index (χ0) is 19.5. The largest absolute Gasteiger partial charge is 0.340 e. The predicted molar refractivity (Wildman–Crippen MR) is 114 cm³/mol. The topological polar surface area (TPSA) is 44.0 Å². The fourth-order valence-corrected chi connectivity index (χ4v) is 3.85. The standard InChI is InChI=1S/C23H18N2O2S/c1-17-12-14-21(28-17)20-16-24(19-10-6-3-7-11-19)23(27)25(20)22(26)15-13-18-8-4-2-5-9-18/h2-16H,1H3/b15-13+. The first-order valence-corrected chi connectivity index (χ1v) is 9.69. The van der Waals surface area contributed by atoms with E-state index in [0.717, 1.165) is 21.0 Å². The molecule has 0 aliphatic carbocycles. The highest BCUT2D eigenvalue weighted by atomic mass is 32.1. The van der Waals surface area contributed by atoms with Gasteiger partial charge in [-0.2, -0.15) is 0 Å². The zero-order valence-corrected chi connectivity index (χ0v) is 16.1. The second kappa shape index (κ2) is 7.66. The number of thiophene rings is 1. The zero-order valence-electron chi connectivity index (χ0n) is 15.3. The minimum atomic E-state index is -0.380. The summed E-state index contributed by atoms with van der Waals surface area (Å²) in [4.78, 5) is 28.1. The molecular formula is C23H18N2O2S. The third-order valence-electron chi connectivity index (χ3n) is 4.36. The van der Waals surface area contributed by atoms with Gasteiger partial charge in [-0.1, -0.05) is 48.5 Å². The number of nitrogens with zero attached hydrogens (tertiary/aromatic N) is 2. The van der Waals surface area contributed by atoms with Gasteiger partial charge in [0, 0.05) is 17.2 Å². The Hall–Kier alpha value is -3.44. The number of hydrogen-bond donors (Lipinski definition) is 0. The van der Waals surface area contributed by atoms with Gasteiger partial charge in [-0.3, -0.25) is 9.36 Å². The molecule has 0 aliphatic heterocycles. The summed E-state index contributed by atoms with van der Waals surface area (Å²) in [7, 11) is 0.